The van der Waals surface area contributed by atoms with Crippen molar-refractivity contribution in [3.8, 4) is 0 Å². The predicted molar refractivity (Wildman–Crippen MR) is 88.2 cm³/mol. The Morgan fingerprint density at radius 1 is 1.05 bits per heavy atom. The number of nitrogens with one attached hydrogen (secondary N) is 1. The topological polar surface area (TPSA) is 21.3 Å². The molecule has 1 saturated carbocycles. The quantitative estimate of drug-likeness (QED) is 0.491. The van der Waals surface area contributed by atoms with Crippen molar-refractivity contribution >= 4 is 0 Å². The summed E-state index contributed by atoms with van der Waals surface area (Å²) in [5.41, 5.74) is 0. The van der Waals surface area contributed by atoms with E-state index in [2.05, 4.69) is 12.2 Å². The summed E-state index contributed by atoms with van der Waals surface area (Å²) in [7, 11) is 1.78. The van der Waals surface area contributed by atoms with Gasteiger partial charge in [0.15, 0.2) is 0 Å². The molecule has 0 bridgehead atoms. The highest BCUT2D eigenvalue weighted by Crippen LogP contribution is 2.33. The smallest absolute Gasteiger partial charge is 0.0587 e. The van der Waals surface area contributed by atoms with Crippen molar-refractivity contribution in [3.05, 3.63) is 0 Å². The highest BCUT2D eigenvalue weighted by Gasteiger charge is 2.24. The van der Waals surface area contributed by atoms with E-state index in [0.29, 0.717) is 0 Å². The second-order valence-electron chi connectivity index (χ2n) is 6.56. The number of rotatable bonds is 13. The van der Waals surface area contributed by atoms with Crippen LogP contribution in [0, 0.1) is 11.8 Å². The van der Waals surface area contributed by atoms with Crippen molar-refractivity contribution in [3.63, 3.8) is 0 Å². The Balaban J connectivity index is 2.13. The molecular weight excluding hydrogens is 246 g/mol. The van der Waals surface area contributed by atoms with Gasteiger partial charge in [-0.05, 0) is 24.8 Å². The molecule has 1 aliphatic rings. The fourth-order valence-corrected chi connectivity index (χ4v) is 3.58. The molecule has 1 atom stereocenters. The fraction of sp³-hybridized carbons (Fsp3) is 1.00. The van der Waals surface area contributed by atoms with E-state index in [-0.39, 0.29) is 0 Å². The first-order chi connectivity index (χ1) is 9.88. The van der Waals surface area contributed by atoms with Gasteiger partial charge < -0.3 is 10.1 Å². The maximum absolute atomic E-state index is 5.12. The molecule has 2 heteroatoms. The Hall–Kier alpha value is -0.0800. The first-order valence-electron chi connectivity index (χ1n) is 9.08. The van der Waals surface area contributed by atoms with Crippen LogP contribution in [0.2, 0.25) is 0 Å². The van der Waals surface area contributed by atoms with Gasteiger partial charge in [-0.25, -0.2) is 0 Å². The summed E-state index contributed by atoms with van der Waals surface area (Å²) < 4.78 is 5.12. The molecule has 1 aliphatic carbocycles. The third-order valence-electron chi connectivity index (χ3n) is 4.88. The minimum atomic E-state index is 0.842. The minimum Gasteiger partial charge on any atom is -0.383 e. The molecule has 1 rings (SSSR count). The van der Waals surface area contributed by atoms with Crippen molar-refractivity contribution < 1.29 is 4.74 Å². The summed E-state index contributed by atoms with van der Waals surface area (Å²) in [6.45, 7) is 5.36. The van der Waals surface area contributed by atoms with Crippen LogP contribution in [-0.2, 0) is 4.74 Å². The van der Waals surface area contributed by atoms with Gasteiger partial charge in [0.1, 0.15) is 0 Å². The summed E-state index contributed by atoms with van der Waals surface area (Å²) in [4.78, 5) is 0. The number of methoxy groups -OCH3 is 1. The molecule has 20 heavy (non-hydrogen) atoms. The van der Waals surface area contributed by atoms with E-state index in [1.165, 1.54) is 77.2 Å². The maximum atomic E-state index is 5.12. The lowest BCUT2D eigenvalue weighted by Crippen LogP contribution is -2.29. The molecule has 0 aliphatic heterocycles. The van der Waals surface area contributed by atoms with Gasteiger partial charge in [-0.1, -0.05) is 71.1 Å². The lowest BCUT2D eigenvalue weighted by molar-refractivity contribution is 0.194. The number of hydrogen-bond acceptors (Lipinski definition) is 2. The number of ether oxygens (including phenoxy) is 1. The third kappa shape index (κ3) is 8.26. The van der Waals surface area contributed by atoms with E-state index in [9.17, 15) is 0 Å². The Morgan fingerprint density at radius 2 is 1.75 bits per heavy atom. The molecule has 0 heterocycles. The first-order valence-corrected chi connectivity index (χ1v) is 9.08. The summed E-state index contributed by atoms with van der Waals surface area (Å²) >= 11 is 0. The van der Waals surface area contributed by atoms with Gasteiger partial charge in [0, 0.05) is 13.7 Å². The molecule has 0 aromatic carbocycles. The normalized spacial score (nSPS) is 17.7. The monoisotopic (exact) mass is 283 g/mol. The van der Waals surface area contributed by atoms with E-state index in [1.807, 2.05) is 0 Å². The lowest BCUT2D eigenvalue weighted by atomic mass is 9.86. The minimum absolute atomic E-state index is 0.842. The van der Waals surface area contributed by atoms with Crippen LogP contribution in [-0.4, -0.2) is 26.8 Å². The molecule has 0 aromatic heterocycles. The van der Waals surface area contributed by atoms with Gasteiger partial charge in [0.25, 0.3) is 0 Å². The standard InChI is InChI=1S/C18H37NO/c1-3-4-5-6-7-8-13-18(16-19-14-15-20-2)17-11-9-10-12-17/h17-19H,3-16H2,1-2H3. The highest BCUT2D eigenvalue weighted by molar-refractivity contribution is 4.77. The van der Waals surface area contributed by atoms with E-state index >= 15 is 0 Å². The maximum Gasteiger partial charge on any atom is 0.0587 e. The molecule has 2 nitrogen and oxygen atoms in total. The largest absolute Gasteiger partial charge is 0.383 e. The Labute approximate surface area is 127 Å². The van der Waals surface area contributed by atoms with Crippen molar-refractivity contribution in [2.45, 2.75) is 77.6 Å². The summed E-state index contributed by atoms with van der Waals surface area (Å²) in [6, 6.07) is 0. The second kappa shape index (κ2) is 12.6. The SMILES string of the molecule is CCCCCCCCC(CNCCOC)C1CCCC1. The zero-order chi connectivity index (χ0) is 14.5. The first kappa shape index (κ1) is 18.0. The molecule has 1 N–H and O–H groups in total. The van der Waals surface area contributed by atoms with Crippen LogP contribution in [0.15, 0.2) is 0 Å². The summed E-state index contributed by atoms with van der Waals surface area (Å²) in [6.07, 6.45) is 15.9. The predicted octanol–water partition coefficient (Wildman–Crippen LogP) is 4.78. The van der Waals surface area contributed by atoms with Gasteiger partial charge in [-0.15, -0.1) is 0 Å². The van der Waals surface area contributed by atoms with Crippen LogP contribution in [0.3, 0.4) is 0 Å². The Kier molecular flexibility index (Phi) is 11.4. The number of unbranched alkanes of at least 4 members (excludes halogenated alkanes) is 5. The molecule has 0 spiro atoms. The fourth-order valence-electron chi connectivity index (χ4n) is 3.58. The summed E-state index contributed by atoms with van der Waals surface area (Å²) in [5, 5.41) is 3.60. The van der Waals surface area contributed by atoms with Crippen LogP contribution in [0.1, 0.15) is 77.6 Å². The van der Waals surface area contributed by atoms with Gasteiger partial charge >= 0.3 is 0 Å². The molecule has 0 saturated heterocycles. The molecule has 120 valence electrons. The van der Waals surface area contributed by atoms with Crippen molar-refractivity contribution in [2.75, 3.05) is 26.8 Å². The van der Waals surface area contributed by atoms with Crippen LogP contribution in [0.4, 0.5) is 0 Å². The van der Waals surface area contributed by atoms with Crippen LogP contribution in [0.5, 0.6) is 0 Å². The summed E-state index contributed by atoms with van der Waals surface area (Å²) in [5.74, 6) is 1.92. The van der Waals surface area contributed by atoms with Crippen molar-refractivity contribution in [1.29, 1.82) is 0 Å². The molecular formula is C18H37NO. The van der Waals surface area contributed by atoms with Gasteiger partial charge in [-0.2, -0.15) is 0 Å². The average Bonchev–Trinajstić information content (AvgIpc) is 2.99. The van der Waals surface area contributed by atoms with Crippen LogP contribution >= 0.6 is 0 Å². The molecule has 0 amide bonds. The van der Waals surface area contributed by atoms with Crippen LogP contribution in [0.25, 0.3) is 0 Å². The van der Waals surface area contributed by atoms with Crippen LogP contribution < -0.4 is 5.32 Å². The lowest BCUT2D eigenvalue weighted by Gasteiger charge is -2.24. The molecule has 1 fully saturated rings. The van der Waals surface area contributed by atoms with E-state index < -0.39 is 0 Å². The zero-order valence-corrected chi connectivity index (χ0v) is 14.0. The zero-order valence-electron chi connectivity index (χ0n) is 14.0. The molecule has 1 unspecified atom stereocenters. The molecule has 0 radical (unpaired) electrons. The van der Waals surface area contributed by atoms with Gasteiger partial charge in [0.05, 0.1) is 6.61 Å². The van der Waals surface area contributed by atoms with Gasteiger partial charge in [-0.3, -0.25) is 0 Å². The highest BCUT2D eigenvalue weighted by atomic mass is 16.5. The Bertz CT molecular complexity index is 202. The van der Waals surface area contributed by atoms with Gasteiger partial charge in [0.2, 0.25) is 0 Å². The average molecular weight is 284 g/mol. The van der Waals surface area contributed by atoms with E-state index in [4.69, 9.17) is 4.74 Å². The van der Waals surface area contributed by atoms with E-state index in [1.54, 1.807) is 7.11 Å². The van der Waals surface area contributed by atoms with E-state index in [0.717, 1.165) is 25.0 Å². The number of hydrogen-bond donors (Lipinski definition) is 1. The van der Waals surface area contributed by atoms with Crippen molar-refractivity contribution in [2.24, 2.45) is 11.8 Å². The van der Waals surface area contributed by atoms with Crippen molar-refractivity contribution in [1.82, 2.24) is 5.32 Å². The molecule has 0 aromatic rings. The third-order valence-corrected chi connectivity index (χ3v) is 4.88. The second-order valence-corrected chi connectivity index (χ2v) is 6.56. The Morgan fingerprint density at radius 3 is 2.45 bits per heavy atom.